The molecule has 3 aromatic rings. The molecule has 0 saturated carbocycles. The number of amides is 1. The summed E-state index contributed by atoms with van der Waals surface area (Å²) in [4.78, 5) is 12.2. The van der Waals surface area contributed by atoms with Crippen molar-refractivity contribution in [2.24, 2.45) is 0 Å². The lowest BCUT2D eigenvalue weighted by Gasteiger charge is -2.19. The maximum atomic E-state index is 12.2. The van der Waals surface area contributed by atoms with Crippen molar-refractivity contribution in [3.05, 3.63) is 57.4 Å². The summed E-state index contributed by atoms with van der Waals surface area (Å²) in [6.45, 7) is 6.17. The number of thiophene rings is 1. The highest BCUT2D eigenvalue weighted by Crippen LogP contribution is 2.22. The molecule has 0 bridgehead atoms. The van der Waals surface area contributed by atoms with E-state index in [1.54, 1.807) is 24.3 Å². The zero-order valence-electron chi connectivity index (χ0n) is 13.2. The number of hydrogen-bond donors (Lipinski definition) is 1. The van der Waals surface area contributed by atoms with Gasteiger partial charge in [-0.25, -0.2) is 0 Å². The van der Waals surface area contributed by atoms with Crippen molar-refractivity contribution in [2.45, 2.75) is 26.8 Å². The van der Waals surface area contributed by atoms with Crippen LogP contribution in [0.15, 0.2) is 33.5 Å². The number of rotatable bonds is 5. The Bertz CT molecular complexity index is 804. The Labute approximate surface area is 138 Å². The van der Waals surface area contributed by atoms with Crippen LogP contribution in [0.2, 0.25) is 0 Å². The number of aryl methyl sites for hydroxylation is 3. The zero-order chi connectivity index (χ0) is 16.4. The summed E-state index contributed by atoms with van der Waals surface area (Å²) in [6, 6.07) is 5.66. The fourth-order valence-electron chi connectivity index (χ4n) is 2.53. The topological polar surface area (TPSA) is 73.0 Å². The predicted octanol–water partition coefficient (Wildman–Crippen LogP) is 2.88. The Kier molecular flexibility index (Phi) is 4.29. The molecule has 1 atom stereocenters. The summed E-state index contributed by atoms with van der Waals surface area (Å²) in [7, 11) is 0. The Balaban J connectivity index is 1.80. The van der Waals surface area contributed by atoms with Gasteiger partial charge in [-0.15, -0.1) is 0 Å². The summed E-state index contributed by atoms with van der Waals surface area (Å²) >= 11 is 1.63. The Hall–Kier alpha value is -2.41. The lowest BCUT2D eigenvalue weighted by atomic mass is 10.1. The molecule has 0 spiro atoms. The van der Waals surface area contributed by atoms with Crippen LogP contribution in [0.1, 0.15) is 39.2 Å². The molecule has 1 amide bonds. The average Bonchev–Trinajstić information content (AvgIpc) is 3.22. The number of carbonyl (C=O) groups excluding carboxylic acids is 1. The van der Waals surface area contributed by atoms with E-state index in [-0.39, 0.29) is 11.9 Å². The highest BCUT2D eigenvalue weighted by molar-refractivity contribution is 7.07. The van der Waals surface area contributed by atoms with Crippen LogP contribution < -0.4 is 5.32 Å². The minimum absolute atomic E-state index is 0.0492. The van der Waals surface area contributed by atoms with Crippen molar-refractivity contribution in [2.75, 3.05) is 6.54 Å². The Morgan fingerprint density at radius 1 is 1.39 bits per heavy atom. The van der Waals surface area contributed by atoms with Crippen LogP contribution in [-0.2, 0) is 0 Å². The molecule has 120 valence electrons. The smallest absolute Gasteiger partial charge is 0.273 e. The lowest BCUT2D eigenvalue weighted by Crippen LogP contribution is -2.32. The van der Waals surface area contributed by atoms with Crippen LogP contribution in [0.3, 0.4) is 0 Å². The van der Waals surface area contributed by atoms with Gasteiger partial charge in [0.1, 0.15) is 5.76 Å². The largest absolute Gasteiger partial charge is 0.361 e. The van der Waals surface area contributed by atoms with Gasteiger partial charge in [0.15, 0.2) is 5.69 Å². The van der Waals surface area contributed by atoms with E-state index in [9.17, 15) is 4.79 Å². The maximum Gasteiger partial charge on any atom is 0.273 e. The van der Waals surface area contributed by atoms with Crippen molar-refractivity contribution in [3.63, 3.8) is 0 Å². The number of hydrogen-bond acceptors (Lipinski definition) is 5. The van der Waals surface area contributed by atoms with Gasteiger partial charge in [0, 0.05) is 18.3 Å². The summed E-state index contributed by atoms with van der Waals surface area (Å²) < 4.78 is 6.90. The van der Waals surface area contributed by atoms with E-state index < -0.39 is 0 Å². The van der Waals surface area contributed by atoms with E-state index >= 15 is 0 Å². The van der Waals surface area contributed by atoms with Gasteiger partial charge in [-0.05, 0) is 49.2 Å². The van der Waals surface area contributed by atoms with Crippen molar-refractivity contribution in [3.8, 4) is 0 Å². The molecule has 0 aliphatic rings. The monoisotopic (exact) mass is 330 g/mol. The van der Waals surface area contributed by atoms with Gasteiger partial charge >= 0.3 is 0 Å². The SMILES string of the molecule is Cc1cc(C)n([C@H](CNC(=O)c2cc(C)on2)c2ccsc2)n1. The quantitative estimate of drug-likeness (QED) is 0.781. The lowest BCUT2D eigenvalue weighted by molar-refractivity contribution is 0.0940. The first-order chi connectivity index (χ1) is 11.0. The summed E-state index contributed by atoms with van der Waals surface area (Å²) in [5, 5.41) is 15.3. The van der Waals surface area contributed by atoms with Crippen molar-refractivity contribution >= 4 is 17.2 Å². The Morgan fingerprint density at radius 3 is 2.78 bits per heavy atom. The molecule has 0 radical (unpaired) electrons. The second kappa shape index (κ2) is 6.37. The molecule has 0 aromatic carbocycles. The van der Waals surface area contributed by atoms with Gasteiger partial charge in [-0.2, -0.15) is 16.4 Å². The molecule has 3 heterocycles. The first-order valence-corrected chi connectivity index (χ1v) is 8.25. The van der Waals surface area contributed by atoms with Crippen LogP contribution in [0.5, 0.6) is 0 Å². The molecule has 0 aliphatic carbocycles. The molecule has 0 aliphatic heterocycles. The normalized spacial score (nSPS) is 12.3. The first kappa shape index (κ1) is 15.5. The molecule has 0 saturated heterocycles. The predicted molar refractivity (Wildman–Crippen MR) is 87.7 cm³/mol. The van der Waals surface area contributed by atoms with Crippen molar-refractivity contribution in [1.82, 2.24) is 20.3 Å². The van der Waals surface area contributed by atoms with E-state index in [1.165, 1.54) is 0 Å². The van der Waals surface area contributed by atoms with Crippen LogP contribution >= 0.6 is 11.3 Å². The molecule has 3 rings (SSSR count). The number of carbonyl (C=O) groups is 1. The van der Waals surface area contributed by atoms with Gasteiger partial charge in [-0.1, -0.05) is 5.16 Å². The fraction of sp³-hybridized carbons (Fsp3) is 0.312. The van der Waals surface area contributed by atoms with E-state index in [0.717, 1.165) is 17.0 Å². The summed E-state index contributed by atoms with van der Waals surface area (Å²) in [5.74, 6) is 0.367. The van der Waals surface area contributed by atoms with Gasteiger partial charge in [0.05, 0.1) is 11.7 Å². The van der Waals surface area contributed by atoms with Gasteiger partial charge < -0.3 is 9.84 Å². The minimum Gasteiger partial charge on any atom is -0.361 e. The van der Waals surface area contributed by atoms with Crippen LogP contribution in [0, 0.1) is 20.8 Å². The van der Waals surface area contributed by atoms with Gasteiger partial charge in [0.25, 0.3) is 5.91 Å². The first-order valence-electron chi connectivity index (χ1n) is 7.31. The molecule has 3 aromatic heterocycles. The average molecular weight is 330 g/mol. The van der Waals surface area contributed by atoms with Crippen molar-refractivity contribution < 1.29 is 9.32 Å². The number of aromatic nitrogens is 3. The molecular weight excluding hydrogens is 312 g/mol. The van der Waals surface area contributed by atoms with E-state index in [1.807, 2.05) is 30.0 Å². The second-order valence-electron chi connectivity index (χ2n) is 5.48. The van der Waals surface area contributed by atoms with Gasteiger partial charge in [0.2, 0.25) is 0 Å². The number of nitrogens with one attached hydrogen (secondary N) is 1. The third kappa shape index (κ3) is 3.34. The molecule has 0 fully saturated rings. The van der Waals surface area contributed by atoms with Crippen LogP contribution in [0.4, 0.5) is 0 Å². The molecule has 23 heavy (non-hydrogen) atoms. The summed E-state index contributed by atoms with van der Waals surface area (Å²) in [6.07, 6.45) is 0. The number of nitrogens with zero attached hydrogens (tertiary/aromatic N) is 3. The molecule has 0 unspecified atom stereocenters. The third-order valence-electron chi connectivity index (χ3n) is 3.58. The fourth-order valence-corrected chi connectivity index (χ4v) is 3.23. The maximum absolute atomic E-state index is 12.2. The highest BCUT2D eigenvalue weighted by atomic mass is 32.1. The summed E-state index contributed by atoms with van der Waals surface area (Å²) in [5.41, 5.74) is 3.43. The van der Waals surface area contributed by atoms with E-state index in [4.69, 9.17) is 4.52 Å². The van der Waals surface area contributed by atoms with E-state index in [0.29, 0.717) is 18.0 Å². The zero-order valence-corrected chi connectivity index (χ0v) is 14.1. The van der Waals surface area contributed by atoms with Gasteiger partial charge in [-0.3, -0.25) is 9.48 Å². The second-order valence-corrected chi connectivity index (χ2v) is 6.26. The van der Waals surface area contributed by atoms with Crippen LogP contribution in [-0.4, -0.2) is 27.4 Å². The minimum atomic E-state index is -0.247. The Morgan fingerprint density at radius 2 is 2.22 bits per heavy atom. The highest BCUT2D eigenvalue weighted by Gasteiger charge is 2.20. The third-order valence-corrected chi connectivity index (χ3v) is 4.29. The molecule has 6 nitrogen and oxygen atoms in total. The molecular formula is C16H18N4O2S. The van der Waals surface area contributed by atoms with Crippen molar-refractivity contribution in [1.29, 1.82) is 0 Å². The van der Waals surface area contributed by atoms with E-state index in [2.05, 4.69) is 27.0 Å². The standard InChI is InChI=1S/C16H18N4O2S/c1-10-6-11(2)20(18-10)15(13-4-5-23-9-13)8-17-16(21)14-7-12(3)22-19-14/h4-7,9,15H,8H2,1-3H3,(H,17,21)/t15-/m1/s1. The molecule has 1 N–H and O–H groups in total. The van der Waals surface area contributed by atoms with Crippen LogP contribution in [0.25, 0.3) is 0 Å². The molecule has 7 heteroatoms.